The fourth-order valence-electron chi connectivity index (χ4n) is 6.68. The molecular formula is C38H81FN6O6. The fourth-order valence-corrected chi connectivity index (χ4v) is 6.68. The zero-order valence-corrected chi connectivity index (χ0v) is 29.6. The lowest BCUT2D eigenvalue weighted by Crippen LogP contribution is -2.49. The molecule has 3 aliphatic rings. The molecule has 4 heterocycles. The highest BCUT2D eigenvalue weighted by atomic mass is 19.1. The Morgan fingerprint density at radius 1 is 1.06 bits per heavy atom. The summed E-state index contributed by atoms with van der Waals surface area (Å²) in [5, 5.41) is 14.8. The van der Waals surface area contributed by atoms with Crippen molar-refractivity contribution >= 4 is 29.7 Å². The van der Waals surface area contributed by atoms with Crippen molar-refractivity contribution < 1.29 is 72.0 Å². The van der Waals surface area contributed by atoms with Gasteiger partial charge < -0.3 is 34.2 Å². The SMILES string of the molecule is C.C/C(=C\c1cc(F)cc(N2CCN(C(=O)Cn3cccn3)CC2)c1)[C@H]1OC(=O)C[C@H](O)CC[C@H](C)[C@@H](OC(=O)N2CCN(C)CC2)/C=C/[C@@H]1C.[2H][2H].[2H][2H].[2H][2H].[2H][2H].[2H][2H].[2H][2H].[2H][2H].[2H][2H].[2H][2H].[2H][2H].[2H][2H].[2H][2H].[2H][2H]. The van der Waals surface area contributed by atoms with Crippen LogP contribution < -0.4 is 4.90 Å². The Morgan fingerprint density at radius 2 is 1.76 bits per heavy atom. The van der Waals surface area contributed by atoms with Crippen LogP contribution in [0.1, 0.15) is 91.6 Å². The van der Waals surface area contributed by atoms with Gasteiger partial charge in [-0.25, -0.2) is 9.18 Å². The molecule has 0 unspecified atom stereocenters. The quantitative estimate of drug-likeness (QED) is 0.234. The first-order chi connectivity index (χ1) is 36.9. The van der Waals surface area contributed by atoms with E-state index in [-0.39, 0.29) is 44.2 Å². The maximum absolute atomic E-state index is 15.0. The summed E-state index contributed by atoms with van der Waals surface area (Å²) in [6.07, 6.45) is 7.28. The number of piperazine rings is 2. The topological polar surface area (TPSA) is 121 Å². The minimum atomic E-state index is -0.894. The first kappa shape index (κ1) is 24.9. The number of carbonyl (C=O) groups is 3. The molecule has 13 heteroatoms. The van der Waals surface area contributed by atoms with E-state index in [1.54, 1.807) is 32.9 Å². The van der Waals surface area contributed by atoms with Gasteiger partial charge in [0, 0.05) is 115 Å². The van der Waals surface area contributed by atoms with Crippen LogP contribution in [0.4, 0.5) is 14.9 Å². The van der Waals surface area contributed by atoms with Crippen LogP contribution in [0.25, 0.3) is 6.08 Å². The number of aliphatic hydroxyl groups excluding tert-OH is 1. The van der Waals surface area contributed by atoms with Crippen molar-refractivity contribution in [1.82, 2.24) is 24.5 Å². The Bertz CT molecular complexity index is 1590. The van der Waals surface area contributed by atoms with E-state index in [1.165, 1.54) is 12.1 Å². The first-order valence-corrected chi connectivity index (χ1v) is 17.6. The molecule has 12 nitrogen and oxygen atoms in total. The molecule has 306 valence electrons. The van der Waals surface area contributed by atoms with Gasteiger partial charge in [-0.15, -0.1) is 0 Å². The molecule has 51 heavy (non-hydrogen) atoms. The number of aliphatic hydroxyl groups is 1. The fraction of sp³-hybridized carbons (Fsp3) is 0.579. The molecule has 2 amide bonds. The largest absolute Gasteiger partial charge is 0.457 e. The van der Waals surface area contributed by atoms with Gasteiger partial charge in [0.2, 0.25) is 5.91 Å². The molecule has 5 rings (SSSR count). The molecule has 0 saturated carbocycles. The summed E-state index contributed by atoms with van der Waals surface area (Å²) >= 11 is 0. The number of benzene rings is 1. The van der Waals surface area contributed by atoms with Crippen LogP contribution in [-0.4, -0.2) is 125 Å². The average Bonchev–Trinajstić information content (AvgIpc) is 4.02. The van der Waals surface area contributed by atoms with E-state index in [0.29, 0.717) is 68.9 Å². The smallest absolute Gasteiger partial charge is 0.410 e. The van der Waals surface area contributed by atoms with Gasteiger partial charge in [-0.05, 0) is 74.2 Å². The van der Waals surface area contributed by atoms with Gasteiger partial charge in [0.25, 0.3) is 0 Å². The van der Waals surface area contributed by atoms with E-state index < -0.39 is 30.1 Å². The number of aromatic nitrogens is 2. The number of likely N-dealkylation sites (N-methyl/N-ethyl adjacent to an activating group) is 1. The molecule has 2 saturated heterocycles. The number of anilines is 1. The normalized spacial score (nSPS) is 28.4. The molecule has 1 aromatic carbocycles. The van der Waals surface area contributed by atoms with Crippen molar-refractivity contribution in [2.45, 2.75) is 72.3 Å². The van der Waals surface area contributed by atoms with E-state index in [2.05, 4.69) is 14.9 Å². The van der Waals surface area contributed by atoms with Crippen molar-refractivity contribution in [2.75, 3.05) is 64.3 Å². The lowest BCUT2D eigenvalue weighted by Gasteiger charge is -2.36. The van der Waals surface area contributed by atoms with Crippen LogP contribution in [0.3, 0.4) is 0 Å². The molecule has 5 atom stereocenters. The highest BCUT2D eigenvalue weighted by molar-refractivity contribution is 5.76. The van der Waals surface area contributed by atoms with Crippen molar-refractivity contribution in [2.24, 2.45) is 11.8 Å². The minimum Gasteiger partial charge on any atom is -0.457 e. The van der Waals surface area contributed by atoms with Gasteiger partial charge in [0.15, 0.2) is 0 Å². The average molecular weight is 763 g/mol. The first-order valence-electron chi connectivity index (χ1n) is 30.6. The predicted octanol–water partition coefficient (Wildman–Crippen LogP) is 7.65. The number of cyclic esters (lactones) is 1. The Balaban J connectivity index is -0.000000182. The number of nitrogens with zero attached hydrogens (tertiary/aromatic N) is 6. The number of rotatable bonds is 6. The summed E-state index contributed by atoms with van der Waals surface area (Å²) in [5.41, 5.74) is 2.02. The second-order valence-electron chi connectivity index (χ2n) is 13.9. The minimum absolute atomic E-state index is 0. The van der Waals surface area contributed by atoms with Crippen molar-refractivity contribution in [3.63, 3.8) is 0 Å². The molecular weight excluding hydrogens is 655 g/mol. The number of esters is 1. The molecule has 1 N–H and O–H groups in total. The van der Waals surface area contributed by atoms with Crippen molar-refractivity contribution in [1.29, 1.82) is 0 Å². The van der Waals surface area contributed by atoms with Crippen LogP contribution in [0.15, 0.2) is 54.4 Å². The number of hydrogen-bond acceptors (Lipinski definition) is 9. The molecule has 2 aromatic rings. The maximum Gasteiger partial charge on any atom is 0.410 e. The number of ether oxygens (including phenoxy) is 2. The van der Waals surface area contributed by atoms with Crippen LogP contribution >= 0.6 is 0 Å². The molecule has 1 aromatic heterocycles. The lowest BCUT2D eigenvalue weighted by atomic mass is 9.91. The zero-order chi connectivity index (χ0) is 61.8. The third-order valence-corrected chi connectivity index (χ3v) is 9.86. The summed E-state index contributed by atoms with van der Waals surface area (Å²) < 4.78 is 159. The van der Waals surface area contributed by atoms with Crippen LogP contribution in [0.5, 0.6) is 0 Å². The second kappa shape index (κ2) is 18.3. The zero-order valence-electron chi connectivity index (χ0n) is 55.6. The van der Waals surface area contributed by atoms with Gasteiger partial charge in [-0.2, -0.15) is 5.10 Å². The van der Waals surface area contributed by atoms with Crippen LogP contribution in [0, 0.1) is 17.7 Å². The van der Waals surface area contributed by atoms with Gasteiger partial charge in [0.1, 0.15) is 24.6 Å². The van der Waals surface area contributed by atoms with E-state index in [1.807, 2.05) is 52.1 Å². The van der Waals surface area contributed by atoms with Gasteiger partial charge >= 0.3 is 12.1 Å². The Labute approximate surface area is 341 Å². The third-order valence-electron chi connectivity index (χ3n) is 9.86. The molecule has 2 fully saturated rings. The highest BCUT2D eigenvalue weighted by Gasteiger charge is 2.29. The summed E-state index contributed by atoms with van der Waals surface area (Å²) in [6.45, 7) is 10.8. The van der Waals surface area contributed by atoms with Gasteiger partial charge in [-0.3, -0.25) is 14.3 Å². The Hall–Kier alpha value is -4.23. The standard InChI is InChI=1S/C37H51FN6O6.CH4.13H2/c1-26-6-8-32(45)24-35(47)50-36(27(2)7-9-33(26)49-37(48)43-14-12-40(4)13-15-43)28(3)20-29-21-30(38)23-31(22-29)41-16-18-42(19-17-41)34(46)25-44-11-5-10-39-44;;;;;;;;;;;;;;/h5,7,9-11,20-23,26-27,32-33,36,45H,6,8,12-19,24-25H2,1-4H3;1H4;13*1H/b9-7+,28-20+;;;;;;;;;;;;;;/t26-,27-,32+,33-,36-;;;;;;;;;;;;;;/m0............../s1/i;;13*1+1D. The maximum atomic E-state index is 15.0. The second-order valence-corrected chi connectivity index (χ2v) is 13.9. The number of carbonyl (C=O) groups excluding carboxylic acids is 3. The highest BCUT2D eigenvalue weighted by Crippen LogP contribution is 2.28. The van der Waals surface area contributed by atoms with E-state index >= 15 is 4.39 Å². The number of hydrogen-bond donors (Lipinski definition) is 1. The monoisotopic (exact) mass is 763 g/mol. The Morgan fingerprint density at radius 3 is 2.45 bits per heavy atom. The summed E-state index contributed by atoms with van der Waals surface area (Å²) in [5.74, 6) is -1.32. The van der Waals surface area contributed by atoms with Gasteiger partial charge in [-0.1, -0.05) is 33.4 Å². The summed E-state index contributed by atoms with van der Waals surface area (Å²) in [6, 6.07) is 6.60. The summed E-state index contributed by atoms with van der Waals surface area (Å²) in [4.78, 5) is 46.6. The predicted molar refractivity (Wildman–Crippen MR) is 222 cm³/mol. The summed E-state index contributed by atoms with van der Waals surface area (Å²) in [7, 11) is 2.03. The van der Waals surface area contributed by atoms with Crippen LogP contribution in [-0.2, 0) is 25.6 Å². The molecule has 0 bridgehead atoms. The van der Waals surface area contributed by atoms with Crippen LogP contribution in [0.2, 0.25) is 0 Å². The number of halogens is 1. The molecule has 0 aliphatic carbocycles. The van der Waals surface area contributed by atoms with Crippen molar-refractivity contribution in [3.05, 3.63) is 65.8 Å². The molecule has 0 spiro atoms. The van der Waals surface area contributed by atoms with E-state index in [4.69, 9.17) is 48.1 Å². The van der Waals surface area contributed by atoms with E-state index in [9.17, 15) is 19.5 Å². The molecule has 0 radical (unpaired) electrons. The third kappa shape index (κ3) is 11.1. The van der Waals surface area contributed by atoms with Crippen molar-refractivity contribution in [3.8, 4) is 0 Å². The number of amides is 2. The van der Waals surface area contributed by atoms with E-state index in [0.717, 1.165) is 13.1 Å². The lowest BCUT2D eigenvalue weighted by molar-refractivity contribution is -0.151. The molecule has 3 aliphatic heterocycles. The van der Waals surface area contributed by atoms with Gasteiger partial charge in [0.05, 0.1) is 12.5 Å². The Kier molecular flexibility index (Phi) is 8.93.